The van der Waals surface area contributed by atoms with Crippen LogP contribution in [0.1, 0.15) is 31.5 Å². The first-order valence-corrected chi connectivity index (χ1v) is 12.7. The van der Waals surface area contributed by atoms with E-state index < -0.39 is 43.5 Å². The molecule has 0 spiro atoms. The zero-order valence-corrected chi connectivity index (χ0v) is 18.6. The highest BCUT2D eigenvalue weighted by atomic mass is 28.3. The standard InChI is InChI=1S/C19H27F3N2O4Si/c1-18(2,17(26)27-3)9-7-8-14-12-15(19(20,21)22)16(25)24(23-14)13-28-10-11-29(4,5)6/h12H,9-11,13H2,1-6H3. The Morgan fingerprint density at radius 3 is 2.41 bits per heavy atom. The molecule has 0 aromatic carbocycles. The van der Waals surface area contributed by atoms with E-state index >= 15 is 0 Å². The molecule has 0 bridgehead atoms. The van der Waals surface area contributed by atoms with Crippen molar-refractivity contribution in [3.8, 4) is 11.8 Å². The number of carbonyl (C=O) groups is 1. The average Bonchev–Trinajstić information content (AvgIpc) is 2.57. The third-order valence-electron chi connectivity index (χ3n) is 3.97. The fourth-order valence-corrected chi connectivity index (χ4v) is 2.88. The Morgan fingerprint density at radius 2 is 1.90 bits per heavy atom. The van der Waals surface area contributed by atoms with Gasteiger partial charge in [0.05, 0.1) is 12.5 Å². The SMILES string of the molecule is COC(=O)C(C)(C)CC#Cc1cc(C(F)(F)F)c(=O)n(COCC[Si](C)(C)C)n1. The van der Waals surface area contributed by atoms with Crippen LogP contribution in [0.3, 0.4) is 0 Å². The fraction of sp³-hybridized carbons (Fsp3) is 0.632. The number of nitrogens with zero attached hydrogens (tertiary/aromatic N) is 2. The zero-order chi connectivity index (χ0) is 22.5. The van der Waals surface area contributed by atoms with Crippen LogP contribution in [0.5, 0.6) is 0 Å². The van der Waals surface area contributed by atoms with Crippen molar-refractivity contribution in [1.82, 2.24) is 9.78 Å². The summed E-state index contributed by atoms with van der Waals surface area (Å²) in [6.45, 7) is 9.55. The van der Waals surface area contributed by atoms with Crippen molar-refractivity contribution >= 4 is 14.0 Å². The number of rotatable bonds is 7. The quantitative estimate of drug-likeness (QED) is 0.285. The molecule has 1 aromatic heterocycles. The van der Waals surface area contributed by atoms with E-state index in [1.165, 1.54) is 7.11 Å². The number of carbonyl (C=O) groups excluding carboxylic acids is 1. The van der Waals surface area contributed by atoms with Crippen molar-refractivity contribution in [2.75, 3.05) is 13.7 Å². The van der Waals surface area contributed by atoms with Crippen molar-refractivity contribution in [3.63, 3.8) is 0 Å². The highest BCUT2D eigenvalue weighted by molar-refractivity contribution is 6.76. The maximum atomic E-state index is 13.2. The molecule has 6 nitrogen and oxygen atoms in total. The number of aromatic nitrogens is 2. The van der Waals surface area contributed by atoms with Crippen molar-refractivity contribution < 1.29 is 27.4 Å². The van der Waals surface area contributed by atoms with Gasteiger partial charge in [-0.3, -0.25) is 9.59 Å². The van der Waals surface area contributed by atoms with Crippen LogP contribution in [0.25, 0.3) is 0 Å². The molecule has 0 radical (unpaired) electrons. The Labute approximate surface area is 169 Å². The first kappa shape index (κ1) is 24.9. The maximum absolute atomic E-state index is 13.2. The summed E-state index contributed by atoms with van der Waals surface area (Å²) in [5.41, 5.74) is -3.81. The molecule has 1 aromatic rings. The molecule has 0 saturated heterocycles. The second-order valence-corrected chi connectivity index (χ2v) is 14.1. The van der Waals surface area contributed by atoms with E-state index in [0.717, 1.165) is 6.04 Å². The zero-order valence-electron chi connectivity index (χ0n) is 17.6. The minimum Gasteiger partial charge on any atom is -0.469 e. The first-order valence-electron chi connectivity index (χ1n) is 9.02. The minimum absolute atomic E-state index is 0.0501. The predicted octanol–water partition coefficient (Wildman–Crippen LogP) is 3.52. The van der Waals surface area contributed by atoms with Gasteiger partial charge in [-0.25, -0.2) is 4.68 Å². The molecule has 0 aliphatic heterocycles. The molecule has 1 heterocycles. The third kappa shape index (κ3) is 8.02. The first-order chi connectivity index (χ1) is 13.2. The molecule has 1 rings (SSSR count). The number of halogens is 3. The lowest BCUT2D eigenvalue weighted by atomic mass is 9.90. The lowest BCUT2D eigenvalue weighted by molar-refractivity contribution is -0.150. The van der Waals surface area contributed by atoms with Gasteiger partial charge in [0.25, 0.3) is 5.56 Å². The predicted molar refractivity (Wildman–Crippen MR) is 105 cm³/mol. The van der Waals surface area contributed by atoms with Gasteiger partial charge in [0.2, 0.25) is 0 Å². The summed E-state index contributed by atoms with van der Waals surface area (Å²) >= 11 is 0. The highest BCUT2D eigenvalue weighted by Gasteiger charge is 2.35. The number of alkyl halides is 3. The Hall–Kier alpha value is -2.12. The van der Waals surface area contributed by atoms with Crippen molar-refractivity contribution in [3.05, 3.63) is 27.7 Å². The normalized spacial score (nSPS) is 12.3. The van der Waals surface area contributed by atoms with Crippen LogP contribution in [-0.2, 0) is 27.2 Å². The van der Waals surface area contributed by atoms with Crippen LogP contribution >= 0.6 is 0 Å². The van der Waals surface area contributed by atoms with Gasteiger partial charge < -0.3 is 9.47 Å². The van der Waals surface area contributed by atoms with Crippen molar-refractivity contribution in [2.45, 2.75) is 58.9 Å². The third-order valence-corrected chi connectivity index (χ3v) is 5.68. The van der Waals surface area contributed by atoms with E-state index in [0.29, 0.717) is 17.4 Å². The second-order valence-electron chi connectivity index (χ2n) is 8.45. The molecule has 0 N–H and O–H groups in total. The van der Waals surface area contributed by atoms with Crippen molar-refractivity contribution in [1.29, 1.82) is 0 Å². The minimum atomic E-state index is -4.85. The summed E-state index contributed by atoms with van der Waals surface area (Å²) < 4.78 is 50.3. The smallest absolute Gasteiger partial charge is 0.421 e. The summed E-state index contributed by atoms with van der Waals surface area (Å²) in [6.07, 6.45) is -4.80. The Morgan fingerprint density at radius 1 is 1.28 bits per heavy atom. The summed E-state index contributed by atoms with van der Waals surface area (Å²) in [7, 11) is -0.139. The van der Waals surface area contributed by atoms with E-state index in [2.05, 4.69) is 41.3 Å². The molecule has 0 atom stereocenters. The fourth-order valence-electron chi connectivity index (χ4n) is 2.13. The van der Waals surface area contributed by atoms with E-state index in [-0.39, 0.29) is 12.1 Å². The average molecular weight is 433 g/mol. The van der Waals surface area contributed by atoms with Crippen LogP contribution in [0.15, 0.2) is 10.9 Å². The number of hydrogen-bond acceptors (Lipinski definition) is 5. The van der Waals surface area contributed by atoms with Crippen molar-refractivity contribution in [2.24, 2.45) is 5.41 Å². The number of hydrogen-bond donors (Lipinski definition) is 0. The molecule has 29 heavy (non-hydrogen) atoms. The molecule has 0 unspecified atom stereocenters. The number of ether oxygens (including phenoxy) is 2. The van der Waals surface area contributed by atoms with Gasteiger partial charge in [-0.2, -0.15) is 18.3 Å². The monoisotopic (exact) mass is 432 g/mol. The lowest BCUT2D eigenvalue weighted by Gasteiger charge is -2.17. The van der Waals surface area contributed by atoms with E-state index in [1.807, 2.05) is 0 Å². The number of esters is 1. The van der Waals surface area contributed by atoms with Crippen LogP contribution in [-0.4, -0.2) is 37.5 Å². The Kier molecular flexibility index (Phi) is 8.23. The van der Waals surface area contributed by atoms with Gasteiger partial charge in [0.1, 0.15) is 18.0 Å². The van der Waals surface area contributed by atoms with E-state index in [1.54, 1.807) is 13.8 Å². The Bertz CT molecular complexity index is 846. The molecule has 10 heteroatoms. The summed E-state index contributed by atoms with van der Waals surface area (Å²) in [4.78, 5) is 23.8. The summed E-state index contributed by atoms with van der Waals surface area (Å²) in [6, 6.07) is 1.41. The Balaban J connectivity index is 3.12. The van der Waals surface area contributed by atoms with Crippen LogP contribution in [0, 0.1) is 17.3 Å². The largest absolute Gasteiger partial charge is 0.469 e. The summed E-state index contributed by atoms with van der Waals surface area (Å²) in [5, 5.41) is 3.87. The summed E-state index contributed by atoms with van der Waals surface area (Å²) in [5.74, 6) is 4.65. The van der Waals surface area contributed by atoms with Gasteiger partial charge in [0, 0.05) is 21.1 Å². The number of methoxy groups -OCH3 is 1. The van der Waals surface area contributed by atoms with Gasteiger partial charge in [-0.1, -0.05) is 25.6 Å². The molecule has 0 saturated carbocycles. The van der Waals surface area contributed by atoms with Crippen LogP contribution in [0.2, 0.25) is 25.7 Å². The van der Waals surface area contributed by atoms with Gasteiger partial charge in [-0.15, -0.1) is 0 Å². The molecular formula is C19H27F3N2O4Si. The molecule has 0 fully saturated rings. The molecule has 0 aliphatic carbocycles. The van der Waals surface area contributed by atoms with E-state index in [4.69, 9.17) is 4.74 Å². The molecular weight excluding hydrogens is 405 g/mol. The maximum Gasteiger partial charge on any atom is 0.421 e. The second kappa shape index (κ2) is 9.58. The highest BCUT2D eigenvalue weighted by Crippen LogP contribution is 2.26. The lowest BCUT2D eigenvalue weighted by Crippen LogP contribution is -2.32. The molecule has 0 aliphatic rings. The molecule has 162 valence electrons. The van der Waals surface area contributed by atoms with Gasteiger partial charge >= 0.3 is 12.1 Å². The van der Waals surface area contributed by atoms with Gasteiger partial charge in [-0.05, 0) is 31.9 Å². The van der Waals surface area contributed by atoms with Crippen LogP contribution < -0.4 is 5.56 Å². The van der Waals surface area contributed by atoms with Gasteiger partial charge in [0.15, 0.2) is 0 Å². The van der Waals surface area contributed by atoms with Crippen LogP contribution in [0.4, 0.5) is 13.2 Å². The molecule has 0 amide bonds. The topological polar surface area (TPSA) is 70.4 Å². The van der Waals surface area contributed by atoms with E-state index in [9.17, 15) is 22.8 Å².